The van der Waals surface area contributed by atoms with Crippen LogP contribution < -0.4 is 0 Å². The van der Waals surface area contributed by atoms with Gasteiger partial charge < -0.3 is 0 Å². The molecule has 0 bridgehead atoms. The zero-order chi connectivity index (χ0) is 12.6. The van der Waals surface area contributed by atoms with Crippen LogP contribution >= 0.6 is 11.6 Å². The summed E-state index contributed by atoms with van der Waals surface area (Å²) >= 11 is 5.79. The summed E-state index contributed by atoms with van der Waals surface area (Å²) in [5.41, 5.74) is 6.82. The normalized spacial score (nSPS) is 10.6. The molecule has 1 aromatic heterocycles. The first-order valence-corrected chi connectivity index (χ1v) is 5.81. The van der Waals surface area contributed by atoms with Gasteiger partial charge in [0.2, 0.25) is 5.28 Å². The molecule has 3 nitrogen and oxygen atoms in total. The van der Waals surface area contributed by atoms with Gasteiger partial charge in [0.15, 0.2) is 0 Å². The van der Waals surface area contributed by atoms with Gasteiger partial charge in [-0.25, -0.2) is 4.98 Å². The van der Waals surface area contributed by atoms with E-state index in [-0.39, 0.29) is 5.28 Å². The van der Waals surface area contributed by atoms with Gasteiger partial charge in [0, 0.05) is 5.56 Å². The van der Waals surface area contributed by atoms with Gasteiger partial charge in [-0.1, -0.05) is 6.07 Å². The second-order valence-corrected chi connectivity index (χ2v) is 4.58. The molecule has 0 saturated heterocycles. The van der Waals surface area contributed by atoms with Crippen molar-refractivity contribution < 1.29 is 0 Å². The van der Waals surface area contributed by atoms with Crippen LogP contribution in [-0.4, -0.2) is 15.2 Å². The Hall–Kier alpha value is -1.48. The van der Waals surface area contributed by atoms with Crippen molar-refractivity contribution >= 4 is 11.6 Å². The Morgan fingerprint density at radius 1 is 1.00 bits per heavy atom. The maximum absolute atomic E-state index is 5.79. The van der Waals surface area contributed by atoms with Crippen LogP contribution in [0.1, 0.15) is 22.3 Å². The van der Waals surface area contributed by atoms with E-state index in [9.17, 15) is 0 Å². The zero-order valence-corrected chi connectivity index (χ0v) is 11.1. The Balaban J connectivity index is 2.75. The molecule has 2 rings (SSSR count). The maximum Gasteiger partial charge on any atom is 0.243 e. The number of aryl methyl sites for hydroxylation is 2. The third kappa shape index (κ3) is 2.15. The van der Waals surface area contributed by atoms with Gasteiger partial charge in [0.05, 0.1) is 11.9 Å². The highest BCUT2D eigenvalue weighted by Crippen LogP contribution is 2.30. The largest absolute Gasteiger partial charge is 0.243 e. The number of nitrogens with zero attached hydrogens (tertiary/aromatic N) is 3. The minimum atomic E-state index is 0.181. The molecule has 17 heavy (non-hydrogen) atoms. The lowest BCUT2D eigenvalue weighted by molar-refractivity contribution is 0.972. The highest BCUT2D eigenvalue weighted by molar-refractivity contribution is 6.28. The minimum Gasteiger partial charge on any atom is -0.215 e. The number of benzene rings is 1. The van der Waals surface area contributed by atoms with Crippen molar-refractivity contribution in [1.29, 1.82) is 0 Å². The summed E-state index contributed by atoms with van der Waals surface area (Å²) < 4.78 is 0. The summed E-state index contributed by atoms with van der Waals surface area (Å²) in [5.74, 6) is 0. The molecule has 0 N–H and O–H groups in total. The first-order valence-electron chi connectivity index (χ1n) is 5.43. The highest BCUT2D eigenvalue weighted by atomic mass is 35.5. The van der Waals surface area contributed by atoms with Crippen LogP contribution in [0.3, 0.4) is 0 Å². The standard InChI is InChI=1S/C13H14ClN3/c1-7-5-8(2)10(4)12(9(7)3)11-6-15-17-13(14)16-11/h5-6H,1-4H3. The molecule has 0 unspecified atom stereocenters. The predicted octanol–water partition coefficient (Wildman–Crippen LogP) is 3.43. The van der Waals surface area contributed by atoms with Gasteiger partial charge in [-0.15, -0.1) is 5.10 Å². The number of rotatable bonds is 1. The third-order valence-corrected chi connectivity index (χ3v) is 3.32. The van der Waals surface area contributed by atoms with Crippen molar-refractivity contribution in [3.63, 3.8) is 0 Å². The van der Waals surface area contributed by atoms with E-state index in [1.807, 2.05) is 0 Å². The molecule has 0 fully saturated rings. The fraction of sp³-hybridized carbons (Fsp3) is 0.308. The van der Waals surface area contributed by atoms with E-state index < -0.39 is 0 Å². The molecule has 0 atom stereocenters. The molecule has 0 amide bonds. The van der Waals surface area contributed by atoms with Crippen LogP contribution in [0, 0.1) is 27.7 Å². The summed E-state index contributed by atoms with van der Waals surface area (Å²) in [4.78, 5) is 4.24. The van der Waals surface area contributed by atoms with E-state index in [0.29, 0.717) is 0 Å². The van der Waals surface area contributed by atoms with Gasteiger partial charge in [-0.2, -0.15) is 5.10 Å². The van der Waals surface area contributed by atoms with Crippen LogP contribution in [0.2, 0.25) is 5.28 Å². The van der Waals surface area contributed by atoms with E-state index in [0.717, 1.165) is 11.3 Å². The smallest absolute Gasteiger partial charge is 0.215 e. The fourth-order valence-corrected chi connectivity index (χ4v) is 2.14. The molecule has 1 heterocycles. The SMILES string of the molecule is Cc1cc(C)c(C)c(-c2cnnc(Cl)n2)c1C. The summed E-state index contributed by atoms with van der Waals surface area (Å²) in [6.45, 7) is 8.38. The molecular formula is C13H14ClN3. The molecule has 0 spiro atoms. The van der Waals surface area contributed by atoms with Gasteiger partial charge >= 0.3 is 0 Å². The van der Waals surface area contributed by atoms with Crippen molar-refractivity contribution in [2.24, 2.45) is 0 Å². The minimum absolute atomic E-state index is 0.181. The third-order valence-electron chi connectivity index (χ3n) is 3.16. The molecule has 1 aromatic carbocycles. The average Bonchev–Trinajstić information content (AvgIpc) is 2.27. The summed E-state index contributed by atoms with van der Waals surface area (Å²) in [6.07, 6.45) is 1.65. The Kier molecular flexibility index (Phi) is 3.11. The predicted molar refractivity (Wildman–Crippen MR) is 69.2 cm³/mol. The van der Waals surface area contributed by atoms with Crippen LogP contribution in [0.15, 0.2) is 12.3 Å². The summed E-state index contributed by atoms with van der Waals surface area (Å²) in [7, 11) is 0. The van der Waals surface area contributed by atoms with E-state index in [4.69, 9.17) is 11.6 Å². The lowest BCUT2D eigenvalue weighted by Gasteiger charge is -2.14. The van der Waals surface area contributed by atoms with Crippen LogP contribution in [0.4, 0.5) is 0 Å². The first-order chi connectivity index (χ1) is 8.00. The molecule has 0 radical (unpaired) electrons. The highest BCUT2D eigenvalue weighted by Gasteiger charge is 2.12. The van der Waals surface area contributed by atoms with Gasteiger partial charge in [-0.3, -0.25) is 0 Å². The monoisotopic (exact) mass is 247 g/mol. The molecule has 2 aromatic rings. The molecular weight excluding hydrogens is 234 g/mol. The Labute approximate surface area is 106 Å². The zero-order valence-electron chi connectivity index (χ0n) is 10.4. The quantitative estimate of drug-likeness (QED) is 0.775. The van der Waals surface area contributed by atoms with Crippen LogP contribution in [0.5, 0.6) is 0 Å². The molecule has 0 aliphatic carbocycles. The van der Waals surface area contributed by atoms with E-state index in [1.165, 1.54) is 22.3 Å². The maximum atomic E-state index is 5.79. The van der Waals surface area contributed by atoms with Crippen molar-refractivity contribution in [3.8, 4) is 11.3 Å². The number of hydrogen-bond donors (Lipinski definition) is 0. The molecule has 0 saturated carbocycles. The van der Waals surface area contributed by atoms with Gasteiger partial charge in [0.1, 0.15) is 0 Å². The van der Waals surface area contributed by atoms with Crippen LogP contribution in [0.25, 0.3) is 11.3 Å². The van der Waals surface area contributed by atoms with E-state index >= 15 is 0 Å². The van der Waals surface area contributed by atoms with Gasteiger partial charge in [-0.05, 0) is 61.5 Å². The Morgan fingerprint density at radius 2 is 1.59 bits per heavy atom. The first kappa shape index (κ1) is 12.0. The van der Waals surface area contributed by atoms with E-state index in [2.05, 4.69) is 48.9 Å². The van der Waals surface area contributed by atoms with E-state index in [1.54, 1.807) is 6.20 Å². The van der Waals surface area contributed by atoms with Crippen molar-refractivity contribution in [3.05, 3.63) is 39.8 Å². The molecule has 88 valence electrons. The summed E-state index contributed by atoms with van der Waals surface area (Å²) in [5, 5.41) is 7.71. The Bertz CT molecular complexity index is 553. The molecule has 0 aliphatic rings. The number of hydrogen-bond acceptors (Lipinski definition) is 3. The molecule has 0 aliphatic heterocycles. The second-order valence-electron chi connectivity index (χ2n) is 4.25. The van der Waals surface area contributed by atoms with Crippen LogP contribution in [-0.2, 0) is 0 Å². The van der Waals surface area contributed by atoms with Crippen molar-refractivity contribution in [2.75, 3.05) is 0 Å². The number of halogens is 1. The Morgan fingerprint density at radius 3 is 2.12 bits per heavy atom. The second kappa shape index (κ2) is 4.41. The lowest BCUT2D eigenvalue weighted by atomic mass is 9.92. The summed E-state index contributed by atoms with van der Waals surface area (Å²) in [6, 6.07) is 2.18. The fourth-order valence-electron chi connectivity index (χ4n) is 2.00. The van der Waals surface area contributed by atoms with Crippen molar-refractivity contribution in [1.82, 2.24) is 15.2 Å². The average molecular weight is 248 g/mol. The molecule has 4 heteroatoms. The van der Waals surface area contributed by atoms with Crippen molar-refractivity contribution in [2.45, 2.75) is 27.7 Å². The number of aromatic nitrogens is 3. The topological polar surface area (TPSA) is 38.7 Å². The van der Waals surface area contributed by atoms with Gasteiger partial charge in [0.25, 0.3) is 0 Å². The lowest BCUT2D eigenvalue weighted by Crippen LogP contribution is -1.98.